The molecule has 26 heavy (non-hydrogen) atoms. The van der Waals surface area contributed by atoms with Crippen molar-refractivity contribution >= 4 is 22.3 Å². The molecule has 4 heteroatoms. The fourth-order valence-electron chi connectivity index (χ4n) is 4.47. The van der Waals surface area contributed by atoms with Crippen LogP contribution in [0, 0.1) is 5.92 Å². The summed E-state index contributed by atoms with van der Waals surface area (Å²) < 4.78 is 3.89. The van der Waals surface area contributed by atoms with Gasteiger partial charge in [0.2, 0.25) is 0 Å². The van der Waals surface area contributed by atoms with Crippen LogP contribution in [0.4, 0.5) is 0 Å². The second-order valence-electron chi connectivity index (χ2n) is 10.8. The normalized spacial score (nSPS) is 24.3. The summed E-state index contributed by atoms with van der Waals surface area (Å²) in [5.41, 5.74) is 5.72. The van der Waals surface area contributed by atoms with E-state index in [1.807, 2.05) is 7.76 Å². The number of hydrogen-bond donors (Lipinski definition) is 0. The summed E-state index contributed by atoms with van der Waals surface area (Å²) >= 11 is -1.42. The van der Waals surface area contributed by atoms with Crippen molar-refractivity contribution in [1.29, 1.82) is 0 Å². The van der Waals surface area contributed by atoms with E-state index in [1.165, 1.54) is 0 Å². The molecule has 0 N–H and O–H groups in total. The van der Waals surface area contributed by atoms with Crippen LogP contribution in [0.2, 0.25) is 57.9 Å². The number of allylic oxidation sites excluding steroid dienone is 8. The first kappa shape index (κ1) is 22.6. The molecule has 0 heterocycles. The Balaban J connectivity index is 2.68. The molecule has 0 aromatic heterocycles. The SMILES string of the molecule is CC1=C(C)C(C)[C]([Ti]([C]2=CC([Si](C)(C)C)=CC2[Si](C)(C)C)=[Si](C)C)=C1C. The third-order valence-corrected chi connectivity index (χ3v) is 23.0. The van der Waals surface area contributed by atoms with Gasteiger partial charge in [-0.2, -0.15) is 0 Å². The van der Waals surface area contributed by atoms with Crippen molar-refractivity contribution in [2.75, 3.05) is 0 Å². The predicted molar refractivity (Wildman–Crippen MR) is 124 cm³/mol. The molecule has 0 saturated carbocycles. The molecule has 0 aromatic carbocycles. The minimum absolute atomic E-state index is 0.292. The molecule has 0 bridgehead atoms. The van der Waals surface area contributed by atoms with Crippen LogP contribution in [0.1, 0.15) is 27.7 Å². The van der Waals surface area contributed by atoms with Crippen LogP contribution in [0.5, 0.6) is 0 Å². The van der Waals surface area contributed by atoms with Crippen LogP contribution in [0.3, 0.4) is 0 Å². The molecule has 2 rings (SSSR count). The van der Waals surface area contributed by atoms with Crippen molar-refractivity contribution in [2.24, 2.45) is 5.92 Å². The van der Waals surface area contributed by atoms with Gasteiger partial charge in [-0.05, 0) is 0 Å². The topological polar surface area (TPSA) is 0 Å². The van der Waals surface area contributed by atoms with Gasteiger partial charge in [0.05, 0.1) is 0 Å². The average Bonchev–Trinajstić information content (AvgIpc) is 3.00. The van der Waals surface area contributed by atoms with Gasteiger partial charge < -0.3 is 0 Å². The summed E-state index contributed by atoms with van der Waals surface area (Å²) in [5.74, 6) is 0.698. The van der Waals surface area contributed by atoms with E-state index in [0.29, 0.717) is 5.92 Å². The first-order valence-electron chi connectivity index (χ1n) is 10.2. The number of hydrogen-bond acceptors (Lipinski definition) is 0. The summed E-state index contributed by atoms with van der Waals surface area (Å²) in [7, 11) is -2.50. The Morgan fingerprint density at radius 1 is 0.923 bits per heavy atom. The molecule has 144 valence electrons. The van der Waals surface area contributed by atoms with Gasteiger partial charge in [-0.3, -0.25) is 0 Å². The third-order valence-electron chi connectivity index (χ3n) is 6.49. The zero-order chi connectivity index (χ0) is 20.2. The van der Waals surface area contributed by atoms with Crippen molar-refractivity contribution in [1.82, 2.24) is 0 Å². The summed E-state index contributed by atoms with van der Waals surface area (Å²) in [4.78, 5) is 0. The summed E-state index contributed by atoms with van der Waals surface area (Å²) in [5, 5.41) is 1.75. The van der Waals surface area contributed by atoms with E-state index in [2.05, 4.69) is 92.2 Å². The Labute approximate surface area is 171 Å². The van der Waals surface area contributed by atoms with Crippen LogP contribution in [0.25, 0.3) is 0 Å². The fourth-order valence-corrected chi connectivity index (χ4v) is 23.4. The van der Waals surface area contributed by atoms with E-state index < -0.39 is 32.8 Å². The molecule has 0 amide bonds. The molecule has 2 aliphatic carbocycles. The quantitative estimate of drug-likeness (QED) is 0.400. The van der Waals surface area contributed by atoms with Gasteiger partial charge in [0, 0.05) is 0 Å². The second-order valence-corrected chi connectivity index (χ2v) is 32.9. The van der Waals surface area contributed by atoms with E-state index in [-0.39, 0.29) is 6.19 Å². The van der Waals surface area contributed by atoms with Gasteiger partial charge in [-0.1, -0.05) is 0 Å². The molecule has 2 unspecified atom stereocenters. The Morgan fingerprint density at radius 3 is 1.81 bits per heavy atom. The van der Waals surface area contributed by atoms with E-state index in [4.69, 9.17) is 0 Å². The molecule has 2 aliphatic rings. The average molecular weight is 437 g/mol. The standard InChI is InChI=1S/C11H21Si2.C9H13.C2H6Si.Ti/c1-12(2,3)10-7-8-11(9-10)13(4,5)6;1-6-5-7(2)9(4)8(6)3;1-3-2;/h7,9,11H,1-6H3;6H,1-4H3;1-2H3;. The Morgan fingerprint density at radius 2 is 1.46 bits per heavy atom. The van der Waals surface area contributed by atoms with Gasteiger partial charge in [-0.25, -0.2) is 0 Å². The van der Waals surface area contributed by atoms with Crippen LogP contribution in [-0.4, -0.2) is 22.3 Å². The van der Waals surface area contributed by atoms with Crippen LogP contribution >= 0.6 is 0 Å². The molecule has 0 aromatic rings. The molecule has 0 aliphatic heterocycles. The fraction of sp³-hybridized carbons (Fsp3) is 0.636. The zero-order valence-electron chi connectivity index (χ0n) is 19.3. The van der Waals surface area contributed by atoms with Gasteiger partial charge in [0.1, 0.15) is 0 Å². The maximum absolute atomic E-state index is 2.76. The summed E-state index contributed by atoms with van der Waals surface area (Å²) in [6.07, 6.45) is 5.23. The Bertz CT molecular complexity index is 773. The van der Waals surface area contributed by atoms with Crippen molar-refractivity contribution in [3.8, 4) is 0 Å². The van der Waals surface area contributed by atoms with Gasteiger partial charge in [0.25, 0.3) is 0 Å². The van der Waals surface area contributed by atoms with Crippen LogP contribution in [-0.2, 0) is 16.6 Å². The molecule has 0 spiro atoms. The first-order chi connectivity index (χ1) is 11.7. The van der Waals surface area contributed by atoms with E-state index in [9.17, 15) is 0 Å². The van der Waals surface area contributed by atoms with Gasteiger partial charge in [0.15, 0.2) is 0 Å². The molecule has 2 atom stereocenters. The molecule has 0 nitrogen and oxygen atoms in total. The molecular weight excluding hydrogens is 396 g/mol. The van der Waals surface area contributed by atoms with Crippen LogP contribution < -0.4 is 0 Å². The third kappa shape index (κ3) is 4.17. The molecule has 0 radical (unpaired) electrons. The summed E-state index contributed by atoms with van der Waals surface area (Å²) in [6.45, 7) is 30.3. The minimum atomic E-state index is -1.42. The predicted octanol–water partition coefficient (Wildman–Crippen LogP) is 7.53. The monoisotopic (exact) mass is 436 g/mol. The maximum atomic E-state index is 2.76. The molecule has 0 fully saturated rings. The second kappa shape index (κ2) is 7.63. The van der Waals surface area contributed by atoms with E-state index >= 15 is 0 Å². The Hall–Kier alpha value is 0.325. The van der Waals surface area contributed by atoms with Crippen LogP contribution in [0.15, 0.2) is 41.8 Å². The van der Waals surface area contributed by atoms with Crippen molar-refractivity contribution < 1.29 is 16.6 Å². The van der Waals surface area contributed by atoms with E-state index in [1.54, 1.807) is 21.9 Å². The molecule has 0 saturated heterocycles. The van der Waals surface area contributed by atoms with Crippen molar-refractivity contribution in [3.63, 3.8) is 0 Å². The van der Waals surface area contributed by atoms with Crippen molar-refractivity contribution in [2.45, 2.75) is 85.6 Å². The summed E-state index contributed by atoms with van der Waals surface area (Å²) in [6, 6.07) is 0. The molecular formula is C22H40Si3Ti. The first-order valence-corrected chi connectivity index (χ1v) is 23.7. The zero-order valence-corrected chi connectivity index (χ0v) is 23.9. The van der Waals surface area contributed by atoms with Gasteiger partial charge >= 0.3 is 172 Å². The Kier molecular flexibility index (Phi) is 6.63. The van der Waals surface area contributed by atoms with Crippen molar-refractivity contribution in [3.05, 3.63) is 41.8 Å². The number of rotatable bonds is 4. The van der Waals surface area contributed by atoms with E-state index in [0.717, 1.165) is 5.54 Å². The van der Waals surface area contributed by atoms with Gasteiger partial charge in [-0.15, -0.1) is 0 Å².